The number of esters is 1. The second kappa shape index (κ2) is 8.34. The van der Waals surface area contributed by atoms with Crippen molar-refractivity contribution in [3.05, 3.63) is 76.0 Å². The number of nitro benzene ring substituents is 1. The molecule has 0 aliphatic rings. The van der Waals surface area contributed by atoms with Crippen LogP contribution in [0.25, 0.3) is 5.76 Å². The number of hydrogen-bond acceptors (Lipinski definition) is 7. The van der Waals surface area contributed by atoms with Crippen molar-refractivity contribution < 1.29 is 19.6 Å². The number of hydrogen-bond donors (Lipinski definition) is 1. The van der Waals surface area contributed by atoms with Gasteiger partial charge in [0.25, 0.3) is 5.69 Å². The summed E-state index contributed by atoms with van der Waals surface area (Å²) in [6.07, 6.45) is 0. The molecule has 0 saturated heterocycles. The summed E-state index contributed by atoms with van der Waals surface area (Å²) in [4.78, 5) is 22.5. The fourth-order valence-corrected chi connectivity index (χ4v) is 1.92. The predicted octanol–water partition coefficient (Wildman–Crippen LogP) is 4.17. The van der Waals surface area contributed by atoms with Crippen LogP contribution in [0.1, 0.15) is 12.5 Å². The van der Waals surface area contributed by atoms with E-state index in [1.165, 1.54) is 18.2 Å². The van der Waals surface area contributed by atoms with Gasteiger partial charge in [-0.2, -0.15) is 0 Å². The predicted molar refractivity (Wildman–Crippen MR) is 90.2 cm³/mol. The molecule has 2 aromatic carbocycles. The first kappa shape index (κ1) is 17.8. The lowest BCUT2D eigenvalue weighted by Crippen LogP contribution is -2.08. The van der Waals surface area contributed by atoms with Gasteiger partial charge in [0.15, 0.2) is 11.4 Å². The highest BCUT2D eigenvalue weighted by molar-refractivity contribution is 5.95. The minimum Gasteiger partial charge on any atom is -0.505 e. The van der Waals surface area contributed by atoms with E-state index in [2.05, 4.69) is 10.2 Å². The third kappa shape index (κ3) is 4.47. The van der Waals surface area contributed by atoms with Crippen molar-refractivity contribution in [1.29, 1.82) is 0 Å². The van der Waals surface area contributed by atoms with E-state index >= 15 is 0 Å². The number of rotatable bonds is 6. The molecule has 0 radical (unpaired) electrons. The number of para-hydroxylation sites is 1. The SMILES string of the molecule is CCOC(=O)/C(N=Nc1ccccc1[N+](=O)[O-])=C(/O)c1ccccc1. The van der Waals surface area contributed by atoms with Gasteiger partial charge in [-0.25, -0.2) is 4.79 Å². The van der Waals surface area contributed by atoms with Gasteiger partial charge in [0, 0.05) is 11.6 Å². The molecule has 0 fully saturated rings. The Morgan fingerprint density at radius 3 is 2.44 bits per heavy atom. The van der Waals surface area contributed by atoms with E-state index in [1.807, 2.05) is 0 Å². The molecule has 0 spiro atoms. The average molecular weight is 341 g/mol. The number of azo groups is 1. The number of nitro groups is 1. The van der Waals surface area contributed by atoms with Crippen LogP contribution >= 0.6 is 0 Å². The monoisotopic (exact) mass is 341 g/mol. The van der Waals surface area contributed by atoms with Gasteiger partial charge in [-0.15, -0.1) is 10.2 Å². The zero-order valence-electron chi connectivity index (χ0n) is 13.3. The van der Waals surface area contributed by atoms with Gasteiger partial charge < -0.3 is 9.84 Å². The number of aliphatic hydroxyl groups excluding tert-OH is 1. The summed E-state index contributed by atoms with van der Waals surface area (Å²) in [7, 11) is 0. The van der Waals surface area contributed by atoms with Crippen molar-refractivity contribution in [2.45, 2.75) is 6.92 Å². The molecule has 0 saturated carbocycles. The van der Waals surface area contributed by atoms with Crippen LogP contribution in [0.5, 0.6) is 0 Å². The van der Waals surface area contributed by atoms with Crippen LogP contribution in [0, 0.1) is 10.1 Å². The van der Waals surface area contributed by atoms with E-state index in [-0.39, 0.29) is 18.0 Å². The van der Waals surface area contributed by atoms with Gasteiger partial charge in [0.2, 0.25) is 5.70 Å². The highest BCUT2D eigenvalue weighted by Crippen LogP contribution is 2.28. The quantitative estimate of drug-likeness (QED) is 0.211. The lowest BCUT2D eigenvalue weighted by Gasteiger charge is -2.05. The number of ether oxygens (including phenoxy) is 1. The van der Waals surface area contributed by atoms with Crippen LogP contribution in [0.2, 0.25) is 0 Å². The maximum absolute atomic E-state index is 12.1. The summed E-state index contributed by atoms with van der Waals surface area (Å²) in [5, 5.41) is 28.8. The fraction of sp³-hybridized carbons (Fsp3) is 0.118. The van der Waals surface area contributed by atoms with E-state index < -0.39 is 22.3 Å². The molecule has 0 amide bonds. The summed E-state index contributed by atoms with van der Waals surface area (Å²) in [5.41, 5.74) is -0.415. The van der Waals surface area contributed by atoms with E-state index in [0.717, 1.165) is 0 Å². The molecule has 25 heavy (non-hydrogen) atoms. The van der Waals surface area contributed by atoms with E-state index in [4.69, 9.17) is 4.74 Å². The smallest absolute Gasteiger partial charge is 0.362 e. The van der Waals surface area contributed by atoms with E-state index in [9.17, 15) is 20.0 Å². The van der Waals surface area contributed by atoms with Crippen molar-refractivity contribution in [3.8, 4) is 0 Å². The van der Waals surface area contributed by atoms with Crippen LogP contribution in [0.3, 0.4) is 0 Å². The first-order chi connectivity index (χ1) is 12.0. The van der Waals surface area contributed by atoms with Crippen molar-refractivity contribution in [3.63, 3.8) is 0 Å². The molecule has 8 heteroatoms. The Kier molecular flexibility index (Phi) is 5.94. The molecular formula is C17H15N3O5. The minimum atomic E-state index is -0.883. The molecule has 128 valence electrons. The van der Waals surface area contributed by atoms with Gasteiger partial charge >= 0.3 is 5.97 Å². The zero-order chi connectivity index (χ0) is 18.2. The Morgan fingerprint density at radius 1 is 1.16 bits per heavy atom. The largest absolute Gasteiger partial charge is 0.505 e. The normalized spacial score (nSPS) is 11.9. The van der Waals surface area contributed by atoms with Gasteiger partial charge in [-0.05, 0) is 13.0 Å². The topological polar surface area (TPSA) is 114 Å². The molecule has 0 heterocycles. The van der Waals surface area contributed by atoms with Crippen molar-refractivity contribution in [1.82, 2.24) is 0 Å². The Labute approximate surface area is 143 Å². The summed E-state index contributed by atoms with van der Waals surface area (Å²) in [6.45, 7) is 1.68. The molecule has 1 N–H and O–H groups in total. The molecule has 8 nitrogen and oxygen atoms in total. The Morgan fingerprint density at radius 2 is 1.80 bits per heavy atom. The minimum absolute atomic E-state index is 0.0461. The van der Waals surface area contributed by atoms with E-state index in [0.29, 0.717) is 5.56 Å². The maximum Gasteiger partial charge on any atom is 0.362 e. The van der Waals surface area contributed by atoms with Crippen molar-refractivity contribution in [2.75, 3.05) is 6.61 Å². The molecule has 0 bridgehead atoms. The van der Waals surface area contributed by atoms with Gasteiger partial charge in [-0.3, -0.25) is 10.1 Å². The lowest BCUT2D eigenvalue weighted by atomic mass is 10.1. The number of benzene rings is 2. The summed E-state index contributed by atoms with van der Waals surface area (Å²) >= 11 is 0. The Hall–Kier alpha value is -3.55. The van der Waals surface area contributed by atoms with Gasteiger partial charge in [0.1, 0.15) is 0 Å². The second-order valence-corrected chi connectivity index (χ2v) is 4.73. The molecule has 2 aromatic rings. The summed E-state index contributed by atoms with van der Waals surface area (Å²) in [5.74, 6) is -1.31. The number of nitrogens with zero attached hydrogens (tertiary/aromatic N) is 3. The lowest BCUT2D eigenvalue weighted by molar-refractivity contribution is -0.384. The molecule has 0 aliphatic carbocycles. The third-order valence-electron chi connectivity index (χ3n) is 3.08. The van der Waals surface area contributed by atoms with Gasteiger partial charge in [0.05, 0.1) is 11.5 Å². The van der Waals surface area contributed by atoms with Crippen LogP contribution < -0.4 is 0 Å². The van der Waals surface area contributed by atoms with Crippen LogP contribution in [0.4, 0.5) is 11.4 Å². The number of carbonyl (C=O) groups excluding carboxylic acids is 1. The first-order valence-electron chi connectivity index (χ1n) is 7.35. The first-order valence-corrected chi connectivity index (χ1v) is 7.35. The third-order valence-corrected chi connectivity index (χ3v) is 3.08. The summed E-state index contributed by atoms with van der Waals surface area (Å²) < 4.78 is 4.87. The molecule has 0 unspecified atom stereocenters. The maximum atomic E-state index is 12.1. The van der Waals surface area contributed by atoms with Crippen LogP contribution in [0.15, 0.2) is 70.5 Å². The molecular weight excluding hydrogens is 326 g/mol. The average Bonchev–Trinajstić information content (AvgIpc) is 2.63. The zero-order valence-corrected chi connectivity index (χ0v) is 13.3. The van der Waals surface area contributed by atoms with Crippen LogP contribution in [-0.4, -0.2) is 22.6 Å². The number of carbonyl (C=O) groups is 1. The second-order valence-electron chi connectivity index (χ2n) is 4.73. The Balaban J connectivity index is 2.48. The highest BCUT2D eigenvalue weighted by atomic mass is 16.6. The van der Waals surface area contributed by atoms with Crippen molar-refractivity contribution in [2.24, 2.45) is 10.2 Å². The van der Waals surface area contributed by atoms with E-state index in [1.54, 1.807) is 43.3 Å². The standard InChI is InChI=1S/C17H15N3O5/c1-2-25-17(22)15(16(21)12-8-4-3-5-9-12)19-18-13-10-6-7-11-14(13)20(23)24/h3-11,21H,2H2,1H3/b16-15-,19-18?. The highest BCUT2D eigenvalue weighted by Gasteiger charge is 2.19. The number of aliphatic hydroxyl groups is 1. The van der Waals surface area contributed by atoms with Crippen molar-refractivity contribution >= 4 is 23.1 Å². The molecule has 0 aliphatic heterocycles. The fourth-order valence-electron chi connectivity index (χ4n) is 1.92. The molecule has 0 atom stereocenters. The van der Waals surface area contributed by atoms with Gasteiger partial charge in [-0.1, -0.05) is 42.5 Å². The van der Waals surface area contributed by atoms with Crippen LogP contribution in [-0.2, 0) is 9.53 Å². The molecule has 0 aromatic heterocycles. The molecule has 2 rings (SSSR count). The Bertz CT molecular complexity index is 831. The summed E-state index contributed by atoms with van der Waals surface area (Å²) in [6, 6.07) is 13.9.